The molecular weight excluding hydrogens is 348 g/mol. The highest BCUT2D eigenvalue weighted by atomic mass is 16.5. The summed E-state index contributed by atoms with van der Waals surface area (Å²) >= 11 is 0. The van der Waals surface area contributed by atoms with Gasteiger partial charge in [-0.15, -0.1) is 0 Å². The van der Waals surface area contributed by atoms with Crippen molar-refractivity contribution in [2.45, 2.75) is 52.1 Å². The molecule has 0 aromatic heterocycles. The fourth-order valence-electron chi connectivity index (χ4n) is 3.36. The molecule has 1 atom stereocenters. The molecule has 7 heteroatoms. The van der Waals surface area contributed by atoms with E-state index in [9.17, 15) is 9.59 Å². The number of likely N-dealkylation sites (tertiary alicyclic amines) is 1. The lowest BCUT2D eigenvalue weighted by atomic mass is 10.1. The molecule has 1 saturated heterocycles. The molecule has 1 aromatic rings. The normalized spacial score (nSPS) is 19.1. The zero-order valence-electron chi connectivity index (χ0n) is 16.2. The van der Waals surface area contributed by atoms with Crippen molar-refractivity contribution < 1.29 is 23.8 Å². The van der Waals surface area contributed by atoms with Gasteiger partial charge in [0.05, 0.1) is 25.9 Å². The van der Waals surface area contributed by atoms with Gasteiger partial charge in [-0.2, -0.15) is 0 Å². The second kappa shape index (κ2) is 8.50. The number of amides is 2. The number of hydrogen-bond donors (Lipinski definition) is 1. The fraction of sp³-hybridized carbons (Fsp3) is 0.600. The first-order chi connectivity index (χ1) is 13.1. The maximum Gasteiger partial charge on any atom is 0.251 e. The molecule has 1 aliphatic carbocycles. The van der Waals surface area contributed by atoms with Gasteiger partial charge in [0.1, 0.15) is 0 Å². The number of rotatable bonds is 9. The first kappa shape index (κ1) is 19.3. The lowest BCUT2D eigenvalue weighted by Crippen LogP contribution is -2.37. The van der Waals surface area contributed by atoms with Gasteiger partial charge >= 0.3 is 0 Å². The highest BCUT2D eigenvalue weighted by Gasteiger charge is 2.39. The monoisotopic (exact) mass is 376 g/mol. The molecule has 2 fully saturated rings. The Labute approximate surface area is 160 Å². The third-order valence-corrected chi connectivity index (χ3v) is 4.65. The SMILES string of the molecule is CCOc1cc(C(=O)N[C@H]2CC(=O)N(C3CC3)C2)cc(OCC)c1OCC. The molecule has 2 amide bonds. The summed E-state index contributed by atoms with van der Waals surface area (Å²) in [5, 5.41) is 2.97. The molecule has 1 saturated carbocycles. The van der Waals surface area contributed by atoms with E-state index < -0.39 is 0 Å². The Balaban J connectivity index is 1.77. The van der Waals surface area contributed by atoms with Gasteiger partial charge in [0.25, 0.3) is 5.91 Å². The predicted molar refractivity (Wildman–Crippen MR) is 101 cm³/mol. The van der Waals surface area contributed by atoms with E-state index in [-0.39, 0.29) is 17.9 Å². The number of nitrogens with zero attached hydrogens (tertiary/aromatic N) is 1. The summed E-state index contributed by atoms with van der Waals surface area (Å²) in [4.78, 5) is 26.8. The van der Waals surface area contributed by atoms with Crippen LogP contribution in [0, 0.1) is 0 Å². The quantitative estimate of drug-likeness (QED) is 0.716. The molecule has 148 valence electrons. The van der Waals surface area contributed by atoms with Crippen LogP contribution in [0.1, 0.15) is 50.4 Å². The molecule has 7 nitrogen and oxygen atoms in total. The Bertz CT molecular complexity index is 675. The molecule has 1 heterocycles. The topological polar surface area (TPSA) is 77.1 Å². The van der Waals surface area contributed by atoms with Crippen LogP contribution < -0.4 is 19.5 Å². The summed E-state index contributed by atoms with van der Waals surface area (Å²) < 4.78 is 17.0. The highest BCUT2D eigenvalue weighted by molar-refractivity contribution is 5.96. The Morgan fingerprint density at radius 2 is 1.67 bits per heavy atom. The molecule has 1 aliphatic heterocycles. The number of carbonyl (C=O) groups excluding carboxylic acids is 2. The van der Waals surface area contributed by atoms with E-state index in [0.29, 0.717) is 61.6 Å². The zero-order valence-corrected chi connectivity index (χ0v) is 16.2. The van der Waals surface area contributed by atoms with Crippen LogP contribution in [0.4, 0.5) is 0 Å². The van der Waals surface area contributed by atoms with Crippen molar-refractivity contribution in [2.24, 2.45) is 0 Å². The maximum absolute atomic E-state index is 12.8. The van der Waals surface area contributed by atoms with Crippen LogP contribution in [-0.4, -0.2) is 55.2 Å². The van der Waals surface area contributed by atoms with Gasteiger partial charge in [-0.3, -0.25) is 9.59 Å². The molecule has 0 radical (unpaired) electrons. The van der Waals surface area contributed by atoms with Crippen LogP contribution in [0.25, 0.3) is 0 Å². The Morgan fingerprint density at radius 3 is 2.19 bits per heavy atom. The maximum atomic E-state index is 12.8. The minimum Gasteiger partial charge on any atom is -0.490 e. The van der Waals surface area contributed by atoms with Crippen molar-refractivity contribution in [2.75, 3.05) is 26.4 Å². The minimum absolute atomic E-state index is 0.125. The zero-order chi connectivity index (χ0) is 19.4. The summed E-state index contributed by atoms with van der Waals surface area (Å²) in [6, 6.07) is 3.55. The Kier molecular flexibility index (Phi) is 6.08. The molecule has 1 aromatic carbocycles. The van der Waals surface area contributed by atoms with E-state index >= 15 is 0 Å². The van der Waals surface area contributed by atoms with Crippen LogP contribution in [0.2, 0.25) is 0 Å². The van der Waals surface area contributed by atoms with Crippen molar-refractivity contribution in [3.05, 3.63) is 17.7 Å². The lowest BCUT2D eigenvalue weighted by Gasteiger charge is -2.18. The van der Waals surface area contributed by atoms with E-state index in [1.54, 1.807) is 12.1 Å². The van der Waals surface area contributed by atoms with Gasteiger partial charge in [-0.05, 0) is 45.7 Å². The largest absolute Gasteiger partial charge is 0.490 e. The van der Waals surface area contributed by atoms with Gasteiger partial charge in [0, 0.05) is 24.6 Å². The second-order valence-corrected chi connectivity index (χ2v) is 6.75. The van der Waals surface area contributed by atoms with Crippen molar-refractivity contribution in [1.82, 2.24) is 10.2 Å². The van der Waals surface area contributed by atoms with Crippen molar-refractivity contribution >= 4 is 11.8 Å². The van der Waals surface area contributed by atoms with E-state index in [2.05, 4.69) is 5.32 Å². The smallest absolute Gasteiger partial charge is 0.251 e. The average molecular weight is 376 g/mol. The molecule has 0 unspecified atom stereocenters. The predicted octanol–water partition coefficient (Wildman–Crippen LogP) is 2.38. The summed E-state index contributed by atoms with van der Waals surface area (Å²) in [5.74, 6) is 1.36. The van der Waals surface area contributed by atoms with Crippen LogP contribution in [0.15, 0.2) is 12.1 Å². The molecular formula is C20H28N2O5. The summed E-state index contributed by atoms with van der Waals surface area (Å²) in [6.45, 7) is 7.58. The molecule has 2 aliphatic rings. The molecule has 1 N–H and O–H groups in total. The van der Waals surface area contributed by atoms with Crippen LogP contribution >= 0.6 is 0 Å². The minimum atomic E-state index is -0.240. The van der Waals surface area contributed by atoms with E-state index in [1.165, 1.54) is 0 Å². The van der Waals surface area contributed by atoms with E-state index in [0.717, 1.165) is 12.8 Å². The van der Waals surface area contributed by atoms with E-state index in [4.69, 9.17) is 14.2 Å². The first-order valence-electron chi connectivity index (χ1n) is 9.74. The van der Waals surface area contributed by atoms with Crippen molar-refractivity contribution in [3.63, 3.8) is 0 Å². The molecule has 27 heavy (non-hydrogen) atoms. The second-order valence-electron chi connectivity index (χ2n) is 6.75. The Morgan fingerprint density at radius 1 is 1.07 bits per heavy atom. The molecule has 0 bridgehead atoms. The fourth-order valence-corrected chi connectivity index (χ4v) is 3.36. The standard InChI is InChI=1S/C20H28N2O5/c1-4-25-16-9-13(10-17(26-5-2)19(16)27-6-3)20(24)21-14-11-18(23)22(12-14)15-7-8-15/h9-10,14-15H,4-8,11-12H2,1-3H3,(H,21,24)/t14-/m0/s1. The van der Waals surface area contributed by atoms with Gasteiger partial charge < -0.3 is 24.4 Å². The highest BCUT2D eigenvalue weighted by Crippen LogP contribution is 2.39. The number of benzene rings is 1. The van der Waals surface area contributed by atoms with Crippen LogP contribution in [-0.2, 0) is 4.79 Å². The van der Waals surface area contributed by atoms with Gasteiger partial charge in [-0.1, -0.05) is 0 Å². The number of ether oxygens (including phenoxy) is 3. The summed E-state index contributed by atoms with van der Waals surface area (Å²) in [5.41, 5.74) is 0.433. The van der Waals surface area contributed by atoms with Crippen molar-refractivity contribution in [1.29, 1.82) is 0 Å². The molecule has 0 spiro atoms. The van der Waals surface area contributed by atoms with E-state index in [1.807, 2.05) is 25.7 Å². The first-order valence-corrected chi connectivity index (χ1v) is 9.74. The number of hydrogen-bond acceptors (Lipinski definition) is 5. The third-order valence-electron chi connectivity index (χ3n) is 4.65. The van der Waals surface area contributed by atoms with Gasteiger partial charge in [-0.25, -0.2) is 0 Å². The number of carbonyl (C=O) groups is 2. The van der Waals surface area contributed by atoms with Crippen LogP contribution in [0.5, 0.6) is 17.2 Å². The molecule has 3 rings (SSSR count). The average Bonchev–Trinajstić information content (AvgIpc) is 3.41. The van der Waals surface area contributed by atoms with Crippen LogP contribution in [0.3, 0.4) is 0 Å². The number of nitrogens with one attached hydrogen (secondary N) is 1. The summed E-state index contributed by atoms with van der Waals surface area (Å²) in [6.07, 6.45) is 2.50. The third kappa shape index (κ3) is 4.46. The van der Waals surface area contributed by atoms with Gasteiger partial charge in [0.15, 0.2) is 11.5 Å². The summed E-state index contributed by atoms with van der Waals surface area (Å²) in [7, 11) is 0. The van der Waals surface area contributed by atoms with Crippen molar-refractivity contribution in [3.8, 4) is 17.2 Å². The Hall–Kier alpha value is -2.44. The lowest BCUT2D eigenvalue weighted by molar-refractivity contribution is -0.128. The van der Waals surface area contributed by atoms with Gasteiger partial charge in [0.2, 0.25) is 11.7 Å².